The van der Waals surface area contributed by atoms with Gasteiger partial charge in [-0.25, -0.2) is 0 Å². The number of nitrogens with zero attached hydrogens (tertiary/aromatic N) is 1. The Morgan fingerprint density at radius 1 is 0.778 bits per heavy atom. The first-order valence-electron chi connectivity index (χ1n) is 9.08. The molecule has 1 nitrogen and oxygen atoms in total. The standard InChI is InChI=1S/C24H20NSi.Ir/c1-26(2,3)17-12-13-18-20(14-17)19-10-7-11-22-24(19)21(18)15-23(25-22)16-8-5-4-6-9-16;/h4-8,10-15H,1-3H3;/q-1;. The SMILES string of the molecule is C[Si](C)(C)c1ccc2c(c1)-c1cccc3nc(-c4[c-]cccc4)cc-2c13.[Ir]. The van der Waals surface area contributed by atoms with Gasteiger partial charge in [-0.05, 0) is 34.0 Å². The monoisotopic (exact) mass is 543 g/mol. The Bertz CT molecular complexity index is 1160. The van der Waals surface area contributed by atoms with Crippen LogP contribution in [0.5, 0.6) is 0 Å². The van der Waals surface area contributed by atoms with Gasteiger partial charge in [0.05, 0.1) is 13.6 Å². The predicted octanol–water partition coefficient (Wildman–Crippen LogP) is 5.89. The molecule has 1 aromatic heterocycles. The summed E-state index contributed by atoms with van der Waals surface area (Å²) in [6, 6.07) is 27.2. The number of pyridine rings is 1. The van der Waals surface area contributed by atoms with Crippen LogP contribution in [0.2, 0.25) is 19.6 Å². The average molecular weight is 543 g/mol. The van der Waals surface area contributed by atoms with Gasteiger partial charge in [-0.15, -0.1) is 35.9 Å². The van der Waals surface area contributed by atoms with Gasteiger partial charge in [0.15, 0.2) is 0 Å². The summed E-state index contributed by atoms with van der Waals surface area (Å²) >= 11 is 0. The summed E-state index contributed by atoms with van der Waals surface area (Å²) in [6.45, 7) is 7.22. The van der Waals surface area contributed by atoms with E-state index in [-0.39, 0.29) is 20.1 Å². The predicted molar refractivity (Wildman–Crippen MR) is 113 cm³/mol. The van der Waals surface area contributed by atoms with E-state index in [0.717, 1.165) is 16.8 Å². The number of fused-ring (bicyclic) bond motifs is 3. The van der Waals surface area contributed by atoms with E-state index in [2.05, 4.69) is 74.2 Å². The van der Waals surface area contributed by atoms with Gasteiger partial charge in [-0.3, -0.25) is 4.98 Å². The van der Waals surface area contributed by atoms with Crippen molar-refractivity contribution in [3.05, 3.63) is 72.8 Å². The number of rotatable bonds is 2. The van der Waals surface area contributed by atoms with Crippen molar-refractivity contribution in [3.63, 3.8) is 0 Å². The summed E-state index contributed by atoms with van der Waals surface area (Å²) in [5.74, 6) is 0. The molecule has 0 atom stereocenters. The summed E-state index contributed by atoms with van der Waals surface area (Å²) in [5, 5.41) is 2.79. The molecule has 0 unspecified atom stereocenters. The molecule has 0 amide bonds. The van der Waals surface area contributed by atoms with E-state index in [9.17, 15) is 0 Å². The van der Waals surface area contributed by atoms with E-state index in [1.807, 2.05) is 18.2 Å². The van der Waals surface area contributed by atoms with Gasteiger partial charge in [0.25, 0.3) is 0 Å². The van der Waals surface area contributed by atoms with E-state index in [4.69, 9.17) is 4.98 Å². The van der Waals surface area contributed by atoms with Crippen molar-refractivity contribution >= 4 is 24.2 Å². The summed E-state index contributed by atoms with van der Waals surface area (Å²) in [6.07, 6.45) is 0. The smallest absolute Gasteiger partial charge is 0.0776 e. The van der Waals surface area contributed by atoms with Crippen LogP contribution < -0.4 is 5.19 Å². The molecule has 1 aliphatic carbocycles. The molecule has 0 N–H and O–H groups in total. The van der Waals surface area contributed by atoms with Gasteiger partial charge < -0.3 is 0 Å². The van der Waals surface area contributed by atoms with E-state index in [0.29, 0.717) is 0 Å². The molecule has 0 bridgehead atoms. The fourth-order valence-corrected chi connectivity index (χ4v) is 5.04. The molecule has 0 fully saturated rings. The molecular weight excluding hydrogens is 523 g/mol. The van der Waals surface area contributed by atoms with Crippen LogP contribution in [0.25, 0.3) is 44.4 Å². The van der Waals surface area contributed by atoms with Crippen molar-refractivity contribution in [2.24, 2.45) is 0 Å². The number of aromatic nitrogens is 1. The molecule has 0 saturated heterocycles. The molecular formula is C24H20IrNSi-. The van der Waals surface area contributed by atoms with Crippen LogP contribution in [-0.2, 0) is 20.1 Å². The van der Waals surface area contributed by atoms with Gasteiger partial charge >= 0.3 is 0 Å². The average Bonchev–Trinajstić information content (AvgIpc) is 2.97. The first-order chi connectivity index (χ1) is 12.5. The Morgan fingerprint density at radius 2 is 1.63 bits per heavy atom. The van der Waals surface area contributed by atoms with Gasteiger partial charge in [0.2, 0.25) is 0 Å². The second kappa shape index (κ2) is 6.52. The number of benzene rings is 3. The fraction of sp³-hybridized carbons (Fsp3) is 0.125. The topological polar surface area (TPSA) is 12.9 Å². The Balaban J connectivity index is 0.00000180. The third kappa shape index (κ3) is 2.91. The van der Waals surface area contributed by atoms with E-state index in [1.165, 1.54) is 32.8 Å². The van der Waals surface area contributed by atoms with Gasteiger partial charge in [-0.2, -0.15) is 0 Å². The quantitative estimate of drug-likeness (QED) is 0.200. The van der Waals surface area contributed by atoms with Crippen LogP contribution in [0, 0.1) is 6.07 Å². The number of hydrogen-bond donors (Lipinski definition) is 0. The van der Waals surface area contributed by atoms with Crippen LogP contribution in [0.4, 0.5) is 0 Å². The van der Waals surface area contributed by atoms with Crippen LogP contribution in [0.3, 0.4) is 0 Å². The molecule has 4 aromatic rings. The van der Waals surface area contributed by atoms with Gasteiger partial charge in [0.1, 0.15) is 0 Å². The van der Waals surface area contributed by atoms with Gasteiger partial charge in [0, 0.05) is 25.5 Å². The van der Waals surface area contributed by atoms with Crippen molar-refractivity contribution < 1.29 is 20.1 Å². The fourth-order valence-electron chi connectivity index (χ4n) is 3.88. The molecule has 3 heteroatoms. The maximum Gasteiger partial charge on any atom is 0.0776 e. The summed E-state index contributed by atoms with van der Waals surface area (Å²) in [5.41, 5.74) is 8.42. The number of hydrogen-bond acceptors (Lipinski definition) is 1. The molecule has 3 aromatic carbocycles. The zero-order chi connectivity index (χ0) is 17.9. The second-order valence-electron chi connectivity index (χ2n) is 8.04. The minimum atomic E-state index is -1.35. The van der Waals surface area contributed by atoms with E-state index < -0.39 is 8.07 Å². The van der Waals surface area contributed by atoms with Crippen molar-refractivity contribution in [1.82, 2.24) is 4.98 Å². The largest absolute Gasteiger partial charge is 0.296 e. The van der Waals surface area contributed by atoms with E-state index >= 15 is 0 Å². The Kier molecular flexibility index (Phi) is 4.42. The van der Waals surface area contributed by atoms with Crippen molar-refractivity contribution in [2.45, 2.75) is 19.6 Å². The minimum absolute atomic E-state index is 0. The van der Waals surface area contributed by atoms with Crippen LogP contribution in [0.1, 0.15) is 0 Å². The zero-order valence-electron chi connectivity index (χ0n) is 15.6. The second-order valence-corrected chi connectivity index (χ2v) is 13.1. The first-order valence-corrected chi connectivity index (χ1v) is 12.6. The molecule has 1 heterocycles. The van der Waals surface area contributed by atoms with Crippen molar-refractivity contribution in [2.75, 3.05) is 0 Å². The molecule has 1 aliphatic rings. The first kappa shape index (κ1) is 18.3. The Labute approximate surface area is 174 Å². The molecule has 1 radical (unpaired) electrons. The molecule has 0 aliphatic heterocycles. The molecule has 135 valence electrons. The van der Waals surface area contributed by atoms with Crippen molar-refractivity contribution in [3.8, 4) is 33.5 Å². The molecule has 27 heavy (non-hydrogen) atoms. The van der Waals surface area contributed by atoms with Crippen LogP contribution in [-0.4, -0.2) is 13.1 Å². The third-order valence-electron chi connectivity index (χ3n) is 5.28. The molecule has 5 rings (SSSR count). The van der Waals surface area contributed by atoms with Crippen LogP contribution >= 0.6 is 0 Å². The van der Waals surface area contributed by atoms with E-state index in [1.54, 1.807) is 0 Å². The Morgan fingerprint density at radius 3 is 2.37 bits per heavy atom. The summed E-state index contributed by atoms with van der Waals surface area (Å²) in [7, 11) is -1.35. The van der Waals surface area contributed by atoms with Crippen molar-refractivity contribution in [1.29, 1.82) is 0 Å². The maximum absolute atomic E-state index is 4.94. The minimum Gasteiger partial charge on any atom is -0.296 e. The maximum atomic E-state index is 4.94. The van der Waals surface area contributed by atoms with Crippen LogP contribution in [0.15, 0.2) is 66.7 Å². The third-order valence-corrected chi connectivity index (χ3v) is 7.33. The van der Waals surface area contributed by atoms with Gasteiger partial charge in [-0.1, -0.05) is 61.2 Å². The summed E-state index contributed by atoms with van der Waals surface area (Å²) in [4.78, 5) is 4.94. The molecule has 0 spiro atoms. The molecule has 0 saturated carbocycles. The normalized spacial score (nSPS) is 12.0. The zero-order valence-corrected chi connectivity index (χ0v) is 19.0. The summed E-state index contributed by atoms with van der Waals surface area (Å²) < 4.78 is 0. The Hall–Kier alpha value is -2.06.